The van der Waals surface area contributed by atoms with Gasteiger partial charge in [-0.15, -0.1) is 11.3 Å². The molecule has 0 radical (unpaired) electrons. The minimum absolute atomic E-state index is 0.385. The largest absolute Gasteiger partial charge is 0.456 e. The van der Waals surface area contributed by atoms with Crippen LogP contribution in [0.4, 0.5) is 5.69 Å². The number of ether oxygens (including phenoxy) is 1. The van der Waals surface area contributed by atoms with Crippen LogP contribution in [0.25, 0.3) is 10.4 Å². The third kappa shape index (κ3) is 4.08. The van der Waals surface area contributed by atoms with Gasteiger partial charge in [0.1, 0.15) is 10.5 Å². The van der Waals surface area contributed by atoms with E-state index in [0.29, 0.717) is 10.6 Å². The summed E-state index contributed by atoms with van der Waals surface area (Å²) in [5.41, 5.74) is 6.86. The smallest absolute Gasteiger partial charge is 0.350 e. The number of nitrogen functional groups attached to an aromatic ring is 1. The average Bonchev–Trinajstić information content (AvgIpc) is 2.68. The highest BCUT2D eigenvalue weighted by Crippen LogP contribution is 2.38. The molecular weight excluding hydrogens is 418 g/mol. The Morgan fingerprint density at radius 2 is 1.90 bits per heavy atom. The van der Waals surface area contributed by atoms with Crippen LogP contribution in [0.15, 0.2) is 33.2 Å². The van der Waals surface area contributed by atoms with Crippen LogP contribution in [0.3, 0.4) is 0 Å². The molecule has 0 amide bonds. The van der Waals surface area contributed by atoms with Crippen molar-refractivity contribution in [3.63, 3.8) is 0 Å². The second-order valence-electron chi connectivity index (χ2n) is 5.52. The number of benzene rings is 1. The van der Waals surface area contributed by atoms with Gasteiger partial charge in [-0.1, -0.05) is 37.9 Å². The average molecular weight is 433 g/mol. The molecule has 0 bridgehead atoms. The van der Waals surface area contributed by atoms with E-state index in [4.69, 9.17) is 10.5 Å². The highest BCUT2D eigenvalue weighted by Gasteiger charge is 2.22. The molecular formula is C15H15Br2NO2S. The van der Waals surface area contributed by atoms with E-state index in [1.54, 1.807) is 6.07 Å². The summed E-state index contributed by atoms with van der Waals surface area (Å²) in [5, 5.41) is 0. The molecule has 1 heterocycles. The Kier molecular flexibility index (Phi) is 4.80. The molecule has 3 nitrogen and oxygen atoms in total. The number of thiophene rings is 1. The zero-order valence-corrected chi connectivity index (χ0v) is 15.9. The number of carbonyl (C=O) groups is 1. The third-order valence-electron chi connectivity index (χ3n) is 2.54. The van der Waals surface area contributed by atoms with Gasteiger partial charge in [-0.2, -0.15) is 0 Å². The van der Waals surface area contributed by atoms with Crippen molar-refractivity contribution < 1.29 is 9.53 Å². The van der Waals surface area contributed by atoms with E-state index in [9.17, 15) is 4.79 Å². The lowest BCUT2D eigenvalue weighted by atomic mass is 10.2. The number of nitrogens with two attached hydrogens (primary N) is 1. The summed E-state index contributed by atoms with van der Waals surface area (Å²) in [7, 11) is 0. The first-order valence-electron chi connectivity index (χ1n) is 6.25. The molecule has 0 spiro atoms. The van der Waals surface area contributed by atoms with Gasteiger partial charge in [-0.05, 0) is 39.0 Å². The normalized spacial score (nSPS) is 11.5. The summed E-state index contributed by atoms with van der Waals surface area (Å²) in [6.45, 7) is 5.50. The second kappa shape index (κ2) is 6.10. The predicted molar refractivity (Wildman–Crippen MR) is 94.7 cm³/mol. The van der Waals surface area contributed by atoms with Crippen LogP contribution in [0.2, 0.25) is 0 Å². The standard InChI is InChI=1S/C15H15Br2NO2S/c1-15(2,3)20-14(19)13-11(18)7-12(21-13)9-5-4-8(16)6-10(9)17/h4-7H,18H2,1-3H3. The summed E-state index contributed by atoms with van der Waals surface area (Å²) in [6, 6.07) is 7.68. The van der Waals surface area contributed by atoms with E-state index < -0.39 is 5.60 Å². The predicted octanol–water partition coefficient (Wildman–Crippen LogP) is 5.48. The molecule has 0 saturated carbocycles. The van der Waals surface area contributed by atoms with Crippen LogP contribution in [0.5, 0.6) is 0 Å². The van der Waals surface area contributed by atoms with Gasteiger partial charge < -0.3 is 10.5 Å². The highest BCUT2D eigenvalue weighted by atomic mass is 79.9. The lowest BCUT2D eigenvalue weighted by molar-refractivity contribution is 0.00764. The van der Waals surface area contributed by atoms with E-state index in [2.05, 4.69) is 31.9 Å². The van der Waals surface area contributed by atoms with Crippen LogP contribution in [0.1, 0.15) is 30.4 Å². The van der Waals surface area contributed by atoms with Gasteiger partial charge in [0.05, 0.1) is 5.69 Å². The number of hydrogen-bond acceptors (Lipinski definition) is 4. The molecule has 0 aliphatic heterocycles. The summed E-state index contributed by atoms with van der Waals surface area (Å²) < 4.78 is 7.30. The monoisotopic (exact) mass is 431 g/mol. The number of halogens is 2. The van der Waals surface area contributed by atoms with Gasteiger partial charge in [-0.25, -0.2) is 4.79 Å². The molecule has 0 fully saturated rings. The zero-order chi connectivity index (χ0) is 15.8. The van der Waals surface area contributed by atoms with Crippen molar-refractivity contribution in [2.45, 2.75) is 26.4 Å². The molecule has 21 heavy (non-hydrogen) atoms. The van der Waals surface area contributed by atoms with Crippen molar-refractivity contribution >= 4 is 54.9 Å². The number of anilines is 1. The van der Waals surface area contributed by atoms with Gasteiger partial charge in [0.2, 0.25) is 0 Å². The fraction of sp³-hybridized carbons (Fsp3) is 0.267. The van der Waals surface area contributed by atoms with Crippen molar-refractivity contribution in [2.24, 2.45) is 0 Å². The van der Waals surface area contributed by atoms with Crippen molar-refractivity contribution in [1.29, 1.82) is 0 Å². The third-order valence-corrected chi connectivity index (χ3v) is 4.86. The number of carbonyl (C=O) groups excluding carboxylic acids is 1. The van der Waals surface area contributed by atoms with E-state index in [-0.39, 0.29) is 5.97 Å². The molecule has 2 N–H and O–H groups in total. The van der Waals surface area contributed by atoms with Gasteiger partial charge in [0.25, 0.3) is 0 Å². The summed E-state index contributed by atoms with van der Waals surface area (Å²) in [4.78, 5) is 13.5. The van der Waals surface area contributed by atoms with E-state index >= 15 is 0 Å². The van der Waals surface area contributed by atoms with Crippen LogP contribution in [-0.4, -0.2) is 11.6 Å². The van der Waals surface area contributed by atoms with E-state index in [0.717, 1.165) is 19.4 Å². The van der Waals surface area contributed by atoms with Crippen LogP contribution in [0, 0.1) is 0 Å². The number of rotatable bonds is 2. The number of hydrogen-bond donors (Lipinski definition) is 1. The van der Waals surface area contributed by atoms with Crippen LogP contribution >= 0.6 is 43.2 Å². The van der Waals surface area contributed by atoms with Gasteiger partial charge >= 0.3 is 5.97 Å². The Balaban J connectivity index is 2.37. The molecule has 0 aliphatic rings. The molecule has 1 aromatic heterocycles. The Labute approximate surface area is 144 Å². The van der Waals surface area contributed by atoms with Gasteiger partial charge in [-0.3, -0.25) is 0 Å². The molecule has 0 unspecified atom stereocenters. The van der Waals surface area contributed by atoms with Crippen molar-refractivity contribution in [3.8, 4) is 10.4 Å². The fourth-order valence-corrected chi connectivity index (χ4v) is 4.10. The quantitative estimate of drug-likeness (QED) is 0.639. The van der Waals surface area contributed by atoms with Crippen molar-refractivity contribution in [3.05, 3.63) is 38.1 Å². The zero-order valence-electron chi connectivity index (χ0n) is 11.9. The summed E-state index contributed by atoms with van der Waals surface area (Å²) in [5.74, 6) is -0.385. The maximum absolute atomic E-state index is 12.2. The van der Waals surface area contributed by atoms with Gasteiger partial charge in [0.15, 0.2) is 0 Å². The first-order valence-corrected chi connectivity index (χ1v) is 8.66. The lowest BCUT2D eigenvalue weighted by Crippen LogP contribution is -2.23. The summed E-state index contributed by atoms with van der Waals surface area (Å²) >= 11 is 8.28. The first-order chi connectivity index (χ1) is 9.67. The first kappa shape index (κ1) is 16.5. The second-order valence-corrected chi connectivity index (χ2v) is 8.34. The lowest BCUT2D eigenvalue weighted by Gasteiger charge is -2.18. The maximum atomic E-state index is 12.2. The number of esters is 1. The van der Waals surface area contributed by atoms with Gasteiger partial charge in [0, 0.05) is 19.4 Å². The molecule has 6 heteroatoms. The van der Waals surface area contributed by atoms with E-state index in [1.165, 1.54) is 11.3 Å². The van der Waals surface area contributed by atoms with E-state index in [1.807, 2.05) is 39.0 Å². The molecule has 0 atom stereocenters. The van der Waals surface area contributed by atoms with Crippen molar-refractivity contribution in [2.75, 3.05) is 5.73 Å². The Morgan fingerprint density at radius 3 is 2.48 bits per heavy atom. The van der Waals surface area contributed by atoms with Crippen LogP contribution in [-0.2, 0) is 4.74 Å². The highest BCUT2D eigenvalue weighted by molar-refractivity contribution is 9.11. The Bertz CT molecular complexity index is 689. The minimum Gasteiger partial charge on any atom is -0.456 e. The molecule has 112 valence electrons. The molecule has 1 aromatic carbocycles. The molecule has 2 rings (SSSR count). The Hall–Kier alpha value is -0.850. The molecule has 0 saturated heterocycles. The SMILES string of the molecule is CC(C)(C)OC(=O)c1sc(-c2ccc(Br)cc2Br)cc1N. The Morgan fingerprint density at radius 1 is 1.24 bits per heavy atom. The summed E-state index contributed by atoms with van der Waals surface area (Å²) in [6.07, 6.45) is 0. The minimum atomic E-state index is -0.536. The van der Waals surface area contributed by atoms with Crippen molar-refractivity contribution in [1.82, 2.24) is 0 Å². The molecule has 0 aliphatic carbocycles. The molecule has 2 aromatic rings. The topological polar surface area (TPSA) is 52.3 Å². The fourth-order valence-electron chi connectivity index (χ4n) is 1.71. The maximum Gasteiger partial charge on any atom is 0.350 e. The van der Waals surface area contributed by atoms with Crippen LogP contribution < -0.4 is 5.73 Å².